The lowest BCUT2D eigenvalue weighted by atomic mass is 10.1. The molecule has 19 heavy (non-hydrogen) atoms. The van der Waals surface area contributed by atoms with Gasteiger partial charge in [-0.2, -0.15) is 0 Å². The van der Waals surface area contributed by atoms with Crippen molar-refractivity contribution in [1.82, 2.24) is 5.32 Å². The van der Waals surface area contributed by atoms with Gasteiger partial charge in [0.05, 0.1) is 11.1 Å². The van der Waals surface area contributed by atoms with Crippen LogP contribution in [-0.4, -0.2) is 13.2 Å². The van der Waals surface area contributed by atoms with Gasteiger partial charge in [-0.05, 0) is 65.4 Å². The zero-order valence-electron chi connectivity index (χ0n) is 11.8. The molecule has 0 spiro atoms. The molecule has 0 bridgehead atoms. The molecule has 1 fully saturated rings. The van der Waals surface area contributed by atoms with Crippen LogP contribution in [0.1, 0.15) is 44.6 Å². The molecule has 106 valence electrons. The van der Waals surface area contributed by atoms with E-state index in [0.29, 0.717) is 0 Å². The lowest BCUT2D eigenvalue weighted by molar-refractivity contribution is 0.250. The molecule has 0 atom stereocenters. The molecule has 1 saturated carbocycles. The molecule has 1 aromatic carbocycles. The Hall–Kier alpha value is -0.540. The summed E-state index contributed by atoms with van der Waals surface area (Å²) in [5, 5.41) is 3.41. The van der Waals surface area contributed by atoms with E-state index in [1.165, 1.54) is 37.7 Å². The lowest BCUT2D eigenvalue weighted by Gasteiger charge is -2.13. The maximum Gasteiger partial charge on any atom is 0.133 e. The third-order valence-electron chi connectivity index (χ3n) is 3.70. The van der Waals surface area contributed by atoms with Crippen LogP contribution in [0.15, 0.2) is 22.7 Å². The molecule has 2 nitrogen and oxygen atoms in total. The van der Waals surface area contributed by atoms with E-state index in [1.807, 2.05) is 0 Å². The van der Waals surface area contributed by atoms with Crippen LogP contribution >= 0.6 is 15.9 Å². The van der Waals surface area contributed by atoms with Crippen molar-refractivity contribution in [3.63, 3.8) is 0 Å². The van der Waals surface area contributed by atoms with Crippen molar-refractivity contribution in [3.05, 3.63) is 28.2 Å². The molecule has 1 N–H and O–H groups in total. The number of hydrogen-bond donors (Lipinski definition) is 1. The molecule has 0 saturated heterocycles. The highest BCUT2D eigenvalue weighted by molar-refractivity contribution is 9.10. The van der Waals surface area contributed by atoms with Gasteiger partial charge in [0.25, 0.3) is 0 Å². The Labute approximate surface area is 125 Å². The Morgan fingerprint density at radius 3 is 2.79 bits per heavy atom. The monoisotopic (exact) mass is 325 g/mol. The molecule has 1 aliphatic rings. The molecular weight excluding hydrogens is 302 g/mol. The summed E-state index contributed by atoms with van der Waals surface area (Å²) < 4.78 is 7.00. The van der Waals surface area contributed by atoms with Crippen molar-refractivity contribution >= 4 is 15.9 Å². The summed E-state index contributed by atoms with van der Waals surface area (Å²) in [7, 11) is 0. The second-order valence-corrected chi connectivity index (χ2v) is 6.26. The van der Waals surface area contributed by atoms with Crippen molar-refractivity contribution in [2.75, 3.05) is 13.2 Å². The van der Waals surface area contributed by atoms with E-state index in [0.717, 1.165) is 35.8 Å². The molecule has 0 heterocycles. The normalized spacial score (nSPS) is 15.9. The molecule has 3 heteroatoms. The molecule has 0 amide bonds. The number of rotatable bonds is 7. The van der Waals surface area contributed by atoms with E-state index in [1.54, 1.807) is 0 Å². The van der Waals surface area contributed by atoms with Crippen molar-refractivity contribution in [2.45, 2.75) is 45.6 Å². The second kappa shape index (κ2) is 7.91. The Bertz CT molecular complexity index is 388. The van der Waals surface area contributed by atoms with E-state index in [4.69, 9.17) is 4.74 Å². The van der Waals surface area contributed by atoms with E-state index in [-0.39, 0.29) is 0 Å². The van der Waals surface area contributed by atoms with Crippen molar-refractivity contribution < 1.29 is 4.74 Å². The average Bonchev–Trinajstić information content (AvgIpc) is 2.91. The Balaban J connectivity index is 1.83. The molecule has 2 rings (SSSR count). The summed E-state index contributed by atoms with van der Waals surface area (Å²) in [5.74, 6) is 1.74. The SMILES string of the molecule is CCCNCc1ccc(OCC2CCCC2)c(Br)c1. The highest BCUT2D eigenvalue weighted by Crippen LogP contribution is 2.29. The largest absolute Gasteiger partial charge is 0.492 e. The summed E-state index contributed by atoms with van der Waals surface area (Å²) >= 11 is 3.61. The Morgan fingerprint density at radius 2 is 2.11 bits per heavy atom. The fourth-order valence-corrected chi connectivity index (χ4v) is 3.11. The molecule has 0 aliphatic heterocycles. The van der Waals surface area contributed by atoms with Crippen LogP contribution in [0.25, 0.3) is 0 Å². The third-order valence-corrected chi connectivity index (χ3v) is 4.32. The van der Waals surface area contributed by atoms with Gasteiger partial charge in [0.1, 0.15) is 5.75 Å². The quantitative estimate of drug-likeness (QED) is 0.744. The molecule has 0 radical (unpaired) electrons. The smallest absolute Gasteiger partial charge is 0.133 e. The number of ether oxygens (including phenoxy) is 1. The van der Waals surface area contributed by atoms with Gasteiger partial charge >= 0.3 is 0 Å². The predicted octanol–water partition coefficient (Wildman–Crippen LogP) is 4.52. The van der Waals surface area contributed by atoms with Gasteiger partial charge in [0, 0.05) is 6.54 Å². The van der Waals surface area contributed by atoms with Gasteiger partial charge in [-0.1, -0.05) is 25.8 Å². The van der Waals surface area contributed by atoms with Crippen molar-refractivity contribution in [1.29, 1.82) is 0 Å². The number of benzene rings is 1. The van der Waals surface area contributed by atoms with Crippen LogP contribution in [0.5, 0.6) is 5.75 Å². The van der Waals surface area contributed by atoms with Crippen molar-refractivity contribution in [3.8, 4) is 5.75 Å². The number of nitrogens with one attached hydrogen (secondary N) is 1. The third kappa shape index (κ3) is 4.81. The summed E-state index contributed by atoms with van der Waals surface area (Å²) in [6.45, 7) is 5.04. The van der Waals surface area contributed by atoms with Crippen LogP contribution in [0.4, 0.5) is 0 Å². The molecule has 0 unspecified atom stereocenters. The molecule has 0 aromatic heterocycles. The van der Waals surface area contributed by atoms with Gasteiger partial charge < -0.3 is 10.1 Å². The summed E-state index contributed by atoms with van der Waals surface area (Å²) in [6.07, 6.45) is 6.57. The van der Waals surface area contributed by atoms with Crippen LogP contribution in [0.3, 0.4) is 0 Å². The Morgan fingerprint density at radius 1 is 1.32 bits per heavy atom. The molecular formula is C16H24BrNO. The van der Waals surface area contributed by atoms with Gasteiger partial charge in [-0.3, -0.25) is 0 Å². The topological polar surface area (TPSA) is 21.3 Å². The summed E-state index contributed by atoms with van der Waals surface area (Å²) in [5.41, 5.74) is 1.30. The number of hydrogen-bond acceptors (Lipinski definition) is 2. The minimum absolute atomic E-state index is 0.762. The fourth-order valence-electron chi connectivity index (χ4n) is 2.57. The highest BCUT2D eigenvalue weighted by atomic mass is 79.9. The van der Waals surface area contributed by atoms with E-state index < -0.39 is 0 Å². The average molecular weight is 326 g/mol. The second-order valence-electron chi connectivity index (χ2n) is 5.40. The summed E-state index contributed by atoms with van der Waals surface area (Å²) in [4.78, 5) is 0. The summed E-state index contributed by atoms with van der Waals surface area (Å²) in [6, 6.07) is 6.39. The van der Waals surface area contributed by atoms with Gasteiger partial charge in [0.15, 0.2) is 0 Å². The maximum absolute atomic E-state index is 5.93. The van der Waals surface area contributed by atoms with Crippen LogP contribution in [-0.2, 0) is 6.54 Å². The van der Waals surface area contributed by atoms with Crippen molar-refractivity contribution in [2.24, 2.45) is 5.92 Å². The molecule has 1 aromatic rings. The zero-order chi connectivity index (χ0) is 13.5. The Kier molecular flexibility index (Phi) is 6.18. The van der Waals surface area contributed by atoms with Gasteiger partial charge in [-0.15, -0.1) is 0 Å². The van der Waals surface area contributed by atoms with E-state index >= 15 is 0 Å². The first-order chi connectivity index (χ1) is 9.29. The highest BCUT2D eigenvalue weighted by Gasteiger charge is 2.16. The minimum atomic E-state index is 0.762. The minimum Gasteiger partial charge on any atom is -0.492 e. The van der Waals surface area contributed by atoms with E-state index in [9.17, 15) is 0 Å². The molecule has 1 aliphatic carbocycles. The zero-order valence-corrected chi connectivity index (χ0v) is 13.3. The van der Waals surface area contributed by atoms with Crippen LogP contribution in [0, 0.1) is 5.92 Å². The predicted molar refractivity (Wildman–Crippen MR) is 83.6 cm³/mol. The fraction of sp³-hybridized carbons (Fsp3) is 0.625. The first kappa shape index (κ1) is 14.9. The first-order valence-electron chi connectivity index (χ1n) is 7.41. The standard InChI is InChI=1S/C16H24BrNO/c1-2-9-18-11-14-7-8-16(15(17)10-14)19-12-13-5-3-4-6-13/h7-8,10,13,18H,2-6,9,11-12H2,1H3. The van der Waals surface area contributed by atoms with Crippen LogP contribution in [0.2, 0.25) is 0 Å². The lowest BCUT2D eigenvalue weighted by Crippen LogP contribution is -2.14. The first-order valence-corrected chi connectivity index (χ1v) is 8.21. The van der Waals surface area contributed by atoms with E-state index in [2.05, 4.69) is 46.4 Å². The van der Waals surface area contributed by atoms with Gasteiger partial charge in [0.2, 0.25) is 0 Å². The maximum atomic E-state index is 5.93. The van der Waals surface area contributed by atoms with Gasteiger partial charge in [-0.25, -0.2) is 0 Å². The van der Waals surface area contributed by atoms with Crippen LogP contribution < -0.4 is 10.1 Å². The number of halogens is 1.